The lowest BCUT2D eigenvalue weighted by Gasteiger charge is -2.31. The monoisotopic (exact) mass is 391 g/mol. The molecule has 2 N–H and O–H groups in total. The van der Waals surface area contributed by atoms with E-state index >= 15 is 0 Å². The molecule has 0 aliphatic carbocycles. The first kappa shape index (κ1) is 19.1. The number of hydrogen-bond acceptors (Lipinski definition) is 3. The van der Waals surface area contributed by atoms with E-state index in [9.17, 15) is 9.59 Å². The molecule has 1 fully saturated rings. The molecule has 6 nitrogen and oxygen atoms in total. The van der Waals surface area contributed by atoms with Crippen molar-refractivity contribution in [1.29, 1.82) is 0 Å². The Bertz CT molecular complexity index is 1000. The van der Waals surface area contributed by atoms with Gasteiger partial charge in [-0.2, -0.15) is 0 Å². The number of benzene rings is 2. The van der Waals surface area contributed by atoms with Crippen LogP contribution in [0.3, 0.4) is 0 Å². The second kappa shape index (κ2) is 8.39. The Morgan fingerprint density at radius 1 is 1.10 bits per heavy atom. The highest BCUT2D eigenvalue weighted by molar-refractivity contribution is 5.98. The Kier molecular flexibility index (Phi) is 5.51. The molecule has 1 aliphatic heterocycles. The van der Waals surface area contributed by atoms with Crippen molar-refractivity contribution in [2.45, 2.75) is 19.4 Å². The molecule has 150 valence electrons. The van der Waals surface area contributed by atoms with E-state index in [0.29, 0.717) is 38.2 Å². The van der Waals surface area contributed by atoms with E-state index in [1.807, 2.05) is 59.5 Å². The highest BCUT2D eigenvalue weighted by atomic mass is 16.5. The zero-order chi connectivity index (χ0) is 20.2. The molecule has 0 unspecified atom stereocenters. The number of nitrogens with one attached hydrogen (secondary N) is 2. The van der Waals surface area contributed by atoms with Crippen molar-refractivity contribution in [1.82, 2.24) is 15.2 Å². The summed E-state index contributed by atoms with van der Waals surface area (Å²) < 4.78 is 5.24. The Balaban J connectivity index is 1.33. The summed E-state index contributed by atoms with van der Waals surface area (Å²) in [5.41, 5.74) is 2.53. The van der Waals surface area contributed by atoms with Crippen LogP contribution < -0.4 is 10.1 Å². The van der Waals surface area contributed by atoms with Gasteiger partial charge < -0.3 is 19.9 Å². The fourth-order valence-corrected chi connectivity index (χ4v) is 3.79. The molecular weight excluding hydrogens is 366 g/mol. The molecule has 4 rings (SSSR count). The van der Waals surface area contributed by atoms with Crippen LogP contribution in [0.5, 0.6) is 5.75 Å². The first-order chi connectivity index (χ1) is 14.1. The largest absolute Gasteiger partial charge is 0.497 e. The highest BCUT2D eigenvalue weighted by Gasteiger charge is 2.28. The van der Waals surface area contributed by atoms with Crippen LogP contribution in [0, 0.1) is 5.92 Å². The number of hydrogen-bond donors (Lipinski definition) is 2. The van der Waals surface area contributed by atoms with Crippen molar-refractivity contribution in [2.24, 2.45) is 5.92 Å². The number of methoxy groups -OCH3 is 1. The van der Waals surface area contributed by atoms with Gasteiger partial charge in [-0.25, -0.2) is 0 Å². The van der Waals surface area contributed by atoms with Gasteiger partial charge in [0.15, 0.2) is 0 Å². The molecule has 1 aromatic heterocycles. The average molecular weight is 391 g/mol. The van der Waals surface area contributed by atoms with Gasteiger partial charge in [-0.05, 0) is 36.6 Å². The SMILES string of the molecule is COc1ccc2cc(C(=O)N3CCC(C(=O)NCc4ccccc4)CC3)[nH]c2c1. The molecule has 0 radical (unpaired) electrons. The van der Waals surface area contributed by atoms with Crippen molar-refractivity contribution in [3.63, 3.8) is 0 Å². The van der Waals surface area contributed by atoms with Crippen molar-refractivity contribution in [3.8, 4) is 5.75 Å². The lowest BCUT2D eigenvalue weighted by molar-refractivity contribution is -0.126. The van der Waals surface area contributed by atoms with Gasteiger partial charge in [0.1, 0.15) is 11.4 Å². The van der Waals surface area contributed by atoms with Crippen LogP contribution in [-0.2, 0) is 11.3 Å². The molecule has 2 heterocycles. The maximum atomic E-state index is 12.9. The number of fused-ring (bicyclic) bond motifs is 1. The van der Waals surface area contributed by atoms with Gasteiger partial charge in [0.05, 0.1) is 7.11 Å². The topological polar surface area (TPSA) is 74.4 Å². The number of rotatable bonds is 5. The molecule has 1 saturated heterocycles. The minimum atomic E-state index is -0.0465. The van der Waals surface area contributed by atoms with Gasteiger partial charge in [0.2, 0.25) is 5.91 Å². The Hall–Kier alpha value is -3.28. The van der Waals surface area contributed by atoms with Gasteiger partial charge in [0.25, 0.3) is 5.91 Å². The summed E-state index contributed by atoms with van der Waals surface area (Å²) in [5.74, 6) is 0.748. The number of carbonyl (C=O) groups excluding carboxylic acids is 2. The number of ether oxygens (including phenoxy) is 1. The zero-order valence-corrected chi connectivity index (χ0v) is 16.5. The molecular formula is C23H25N3O3. The van der Waals surface area contributed by atoms with E-state index in [1.165, 1.54) is 0 Å². The smallest absolute Gasteiger partial charge is 0.270 e. The minimum Gasteiger partial charge on any atom is -0.497 e. The average Bonchev–Trinajstić information content (AvgIpc) is 3.21. The van der Waals surface area contributed by atoms with Crippen molar-refractivity contribution >= 4 is 22.7 Å². The summed E-state index contributed by atoms with van der Waals surface area (Å²) in [5, 5.41) is 3.99. The van der Waals surface area contributed by atoms with Gasteiger partial charge in [-0.3, -0.25) is 9.59 Å². The van der Waals surface area contributed by atoms with E-state index in [-0.39, 0.29) is 17.7 Å². The Morgan fingerprint density at radius 3 is 2.59 bits per heavy atom. The third-order valence-electron chi connectivity index (χ3n) is 5.52. The molecule has 3 aromatic rings. The summed E-state index contributed by atoms with van der Waals surface area (Å²) in [4.78, 5) is 30.3. The molecule has 0 atom stereocenters. The first-order valence-electron chi connectivity index (χ1n) is 9.92. The zero-order valence-electron chi connectivity index (χ0n) is 16.5. The third-order valence-corrected chi connectivity index (χ3v) is 5.52. The predicted molar refractivity (Wildman–Crippen MR) is 112 cm³/mol. The predicted octanol–water partition coefficient (Wildman–Crippen LogP) is 3.35. The van der Waals surface area contributed by atoms with Crippen LogP contribution in [0.15, 0.2) is 54.6 Å². The molecule has 1 aliphatic rings. The summed E-state index contributed by atoms with van der Waals surface area (Å²) in [7, 11) is 1.62. The molecule has 6 heteroatoms. The number of amides is 2. The van der Waals surface area contributed by atoms with Crippen molar-refractivity contribution < 1.29 is 14.3 Å². The van der Waals surface area contributed by atoms with Crippen LogP contribution in [0.4, 0.5) is 0 Å². The molecule has 2 aromatic carbocycles. The van der Waals surface area contributed by atoms with Gasteiger partial charge in [0, 0.05) is 42.5 Å². The maximum Gasteiger partial charge on any atom is 0.270 e. The number of nitrogens with zero attached hydrogens (tertiary/aromatic N) is 1. The quantitative estimate of drug-likeness (QED) is 0.700. The van der Waals surface area contributed by atoms with Crippen LogP contribution in [0.1, 0.15) is 28.9 Å². The van der Waals surface area contributed by atoms with Gasteiger partial charge in [-0.1, -0.05) is 30.3 Å². The standard InChI is InChI=1S/C23H25N3O3/c1-29-19-8-7-18-13-21(25-20(18)14-19)23(28)26-11-9-17(10-12-26)22(27)24-15-16-5-3-2-4-6-16/h2-8,13-14,17,25H,9-12,15H2,1H3,(H,24,27). The molecule has 0 saturated carbocycles. The summed E-state index contributed by atoms with van der Waals surface area (Å²) >= 11 is 0. The molecule has 0 bridgehead atoms. The number of aromatic amines is 1. The maximum absolute atomic E-state index is 12.9. The second-order valence-electron chi connectivity index (χ2n) is 7.41. The van der Waals surface area contributed by atoms with Crippen LogP contribution >= 0.6 is 0 Å². The fraction of sp³-hybridized carbons (Fsp3) is 0.304. The molecule has 0 spiro atoms. The van der Waals surface area contributed by atoms with Crippen LogP contribution in [0.25, 0.3) is 10.9 Å². The summed E-state index contributed by atoms with van der Waals surface area (Å²) in [6, 6.07) is 17.5. The first-order valence-corrected chi connectivity index (χ1v) is 9.92. The van der Waals surface area contributed by atoms with Crippen molar-refractivity contribution in [3.05, 3.63) is 65.9 Å². The number of carbonyl (C=O) groups is 2. The minimum absolute atomic E-state index is 0.0247. The van der Waals surface area contributed by atoms with Gasteiger partial charge >= 0.3 is 0 Å². The van der Waals surface area contributed by atoms with Crippen LogP contribution in [-0.4, -0.2) is 41.9 Å². The van der Waals surface area contributed by atoms with Crippen molar-refractivity contribution in [2.75, 3.05) is 20.2 Å². The van der Waals surface area contributed by atoms with Crippen LogP contribution in [0.2, 0.25) is 0 Å². The molecule has 29 heavy (non-hydrogen) atoms. The van der Waals surface area contributed by atoms with E-state index in [4.69, 9.17) is 4.74 Å². The Morgan fingerprint density at radius 2 is 1.86 bits per heavy atom. The lowest BCUT2D eigenvalue weighted by Crippen LogP contribution is -2.43. The van der Waals surface area contributed by atoms with E-state index in [2.05, 4.69) is 10.3 Å². The van der Waals surface area contributed by atoms with Gasteiger partial charge in [-0.15, -0.1) is 0 Å². The third kappa shape index (κ3) is 4.26. The number of likely N-dealkylation sites (tertiary alicyclic amines) is 1. The lowest BCUT2D eigenvalue weighted by atomic mass is 9.95. The van der Waals surface area contributed by atoms with E-state index < -0.39 is 0 Å². The number of aromatic nitrogens is 1. The fourth-order valence-electron chi connectivity index (χ4n) is 3.79. The number of piperidine rings is 1. The van der Waals surface area contributed by atoms with E-state index in [1.54, 1.807) is 7.11 Å². The van der Waals surface area contributed by atoms with E-state index in [0.717, 1.165) is 22.2 Å². The second-order valence-corrected chi connectivity index (χ2v) is 7.41. The highest BCUT2D eigenvalue weighted by Crippen LogP contribution is 2.24. The normalized spacial score (nSPS) is 14.7. The Labute approximate surface area is 169 Å². The molecule has 2 amide bonds. The number of H-pyrrole nitrogens is 1. The summed E-state index contributed by atoms with van der Waals surface area (Å²) in [6.45, 7) is 1.71. The summed E-state index contributed by atoms with van der Waals surface area (Å²) in [6.07, 6.45) is 1.36.